The maximum atomic E-state index is 11.7. The van der Waals surface area contributed by atoms with Crippen LogP contribution in [0.25, 0.3) is 0 Å². The fourth-order valence-electron chi connectivity index (χ4n) is 1.47. The molecule has 0 radical (unpaired) electrons. The number of hydrogen-bond acceptors (Lipinski definition) is 3. The molecule has 0 aromatic heterocycles. The van der Waals surface area contributed by atoms with Crippen LogP contribution in [0.1, 0.15) is 20.7 Å². The summed E-state index contributed by atoms with van der Waals surface area (Å²) in [5.74, 6) is -1.27. The Kier molecular flexibility index (Phi) is 4.61. The molecule has 2 aromatic carbocycles. The fourth-order valence-corrected chi connectivity index (χ4v) is 2.00. The molecule has 0 aliphatic rings. The van der Waals surface area contributed by atoms with Crippen molar-refractivity contribution >= 4 is 35.1 Å². The normalized spacial score (nSPS) is 9.90. The Morgan fingerprint density at radius 3 is 2.10 bits per heavy atom. The Morgan fingerprint density at radius 1 is 0.900 bits per heavy atom. The second kappa shape index (κ2) is 6.41. The van der Waals surface area contributed by atoms with Gasteiger partial charge in [0.15, 0.2) is 0 Å². The lowest BCUT2D eigenvalue weighted by atomic mass is 10.2. The van der Waals surface area contributed by atoms with Crippen LogP contribution in [-0.2, 0) is 4.84 Å². The van der Waals surface area contributed by atoms with Gasteiger partial charge in [0, 0.05) is 15.6 Å². The van der Waals surface area contributed by atoms with E-state index in [0.717, 1.165) is 0 Å². The fraction of sp³-hybridized carbons (Fsp3) is 0. The van der Waals surface area contributed by atoms with Gasteiger partial charge in [-0.25, -0.2) is 4.79 Å². The van der Waals surface area contributed by atoms with Crippen molar-refractivity contribution in [1.29, 1.82) is 0 Å². The first kappa shape index (κ1) is 14.4. The lowest BCUT2D eigenvalue weighted by Gasteiger charge is -2.06. The molecule has 0 fully saturated rings. The summed E-state index contributed by atoms with van der Waals surface area (Å²) in [6.45, 7) is 0. The number of halogens is 2. The zero-order valence-corrected chi connectivity index (χ0v) is 11.6. The minimum absolute atomic E-state index is 0.149. The SMILES string of the molecule is O=C(NOC(=O)c1cc(Cl)cc(Cl)c1)c1ccccc1. The molecule has 4 nitrogen and oxygen atoms in total. The number of hydroxylamine groups is 1. The van der Waals surface area contributed by atoms with Crippen molar-refractivity contribution < 1.29 is 14.4 Å². The van der Waals surface area contributed by atoms with E-state index >= 15 is 0 Å². The van der Waals surface area contributed by atoms with Crippen LogP contribution in [0.2, 0.25) is 10.0 Å². The van der Waals surface area contributed by atoms with E-state index in [-0.39, 0.29) is 5.56 Å². The summed E-state index contributed by atoms with van der Waals surface area (Å²) in [4.78, 5) is 28.1. The summed E-state index contributed by atoms with van der Waals surface area (Å²) in [5.41, 5.74) is 2.59. The number of carbonyl (C=O) groups is 2. The van der Waals surface area contributed by atoms with E-state index in [0.29, 0.717) is 15.6 Å². The first-order valence-corrected chi connectivity index (χ1v) is 6.34. The molecule has 0 saturated heterocycles. The molecule has 1 N–H and O–H groups in total. The summed E-state index contributed by atoms with van der Waals surface area (Å²) in [6, 6.07) is 12.6. The number of rotatable bonds is 2. The van der Waals surface area contributed by atoms with Crippen LogP contribution >= 0.6 is 23.2 Å². The molecular formula is C14H9Cl2NO3. The Bertz CT molecular complexity index is 624. The quantitative estimate of drug-likeness (QED) is 0.864. The second-order valence-corrected chi connectivity index (χ2v) is 4.72. The summed E-state index contributed by atoms with van der Waals surface area (Å²) in [7, 11) is 0. The molecule has 0 aliphatic heterocycles. The average molecular weight is 310 g/mol. The van der Waals surface area contributed by atoms with E-state index in [2.05, 4.69) is 5.48 Å². The van der Waals surface area contributed by atoms with Gasteiger partial charge in [-0.1, -0.05) is 41.4 Å². The molecule has 0 saturated carbocycles. The minimum Gasteiger partial charge on any atom is -0.335 e. The van der Waals surface area contributed by atoms with Crippen LogP contribution in [0, 0.1) is 0 Å². The number of benzene rings is 2. The number of carbonyl (C=O) groups excluding carboxylic acids is 2. The van der Waals surface area contributed by atoms with Gasteiger partial charge in [-0.05, 0) is 30.3 Å². The molecule has 0 aliphatic carbocycles. The van der Waals surface area contributed by atoms with E-state index in [4.69, 9.17) is 28.0 Å². The summed E-state index contributed by atoms with van der Waals surface area (Å²) in [6.07, 6.45) is 0. The van der Waals surface area contributed by atoms with Gasteiger partial charge in [0.2, 0.25) is 0 Å². The standard InChI is InChI=1S/C14H9Cl2NO3/c15-11-6-10(7-12(16)8-11)14(19)20-17-13(18)9-4-2-1-3-5-9/h1-8H,(H,17,18). The van der Waals surface area contributed by atoms with Gasteiger partial charge in [0.1, 0.15) is 0 Å². The molecule has 2 aromatic rings. The van der Waals surface area contributed by atoms with Gasteiger partial charge in [0.25, 0.3) is 5.91 Å². The Hall–Kier alpha value is -2.04. The van der Waals surface area contributed by atoms with E-state index in [1.54, 1.807) is 30.3 Å². The highest BCUT2D eigenvalue weighted by Crippen LogP contribution is 2.19. The van der Waals surface area contributed by atoms with Gasteiger partial charge >= 0.3 is 5.97 Å². The number of hydrogen-bond donors (Lipinski definition) is 1. The smallest absolute Gasteiger partial charge is 0.335 e. The predicted octanol–water partition coefficient (Wildman–Crippen LogP) is 3.50. The van der Waals surface area contributed by atoms with Crippen molar-refractivity contribution in [2.45, 2.75) is 0 Å². The van der Waals surface area contributed by atoms with Crippen LogP contribution in [0.3, 0.4) is 0 Å². The number of nitrogens with one attached hydrogen (secondary N) is 1. The van der Waals surface area contributed by atoms with E-state index < -0.39 is 11.9 Å². The van der Waals surface area contributed by atoms with Crippen LogP contribution in [-0.4, -0.2) is 11.9 Å². The van der Waals surface area contributed by atoms with Gasteiger partial charge < -0.3 is 4.84 Å². The van der Waals surface area contributed by atoms with Crippen molar-refractivity contribution in [3.8, 4) is 0 Å². The highest BCUT2D eigenvalue weighted by Gasteiger charge is 2.12. The molecule has 102 valence electrons. The molecule has 0 atom stereocenters. The monoisotopic (exact) mass is 309 g/mol. The van der Waals surface area contributed by atoms with Crippen LogP contribution in [0.15, 0.2) is 48.5 Å². The first-order chi connectivity index (χ1) is 9.56. The summed E-state index contributed by atoms with van der Waals surface area (Å²) >= 11 is 11.5. The Balaban J connectivity index is 2.00. The zero-order valence-electron chi connectivity index (χ0n) is 10.1. The molecule has 1 amide bonds. The average Bonchev–Trinajstić information content (AvgIpc) is 2.44. The van der Waals surface area contributed by atoms with Crippen molar-refractivity contribution in [3.05, 3.63) is 69.7 Å². The summed E-state index contributed by atoms with van der Waals surface area (Å²) in [5, 5.41) is 0.609. The lowest BCUT2D eigenvalue weighted by Crippen LogP contribution is -2.27. The topological polar surface area (TPSA) is 55.4 Å². The highest BCUT2D eigenvalue weighted by atomic mass is 35.5. The van der Waals surface area contributed by atoms with E-state index in [1.807, 2.05) is 0 Å². The molecule has 20 heavy (non-hydrogen) atoms. The third kappa shape index (κ3) is 3.73. The molecule has 0 unspecified atom stereocenters. The summed E-state index contributed by atoms with van der Waals surface area (Å²) < 4.78 is 0. The number of amides is 1. The highest BCUT2D eigenvalue weighted by molar-refractivity contribution is 6.35. The van der Waals surface area contributed by atoms with Crippen molar-refractivity contribution in [2.24, 2.45) is 0 Å². The molecular weight excluding hydrogens is 301 g/mol. The zero-order chi connectivity index (χ0) is 14.5. The van der Waals surface area contributed by atoms with Crippen LogP contribution in [0.5, 0.6) is 0 Å². The van der Waals surface area contributed by atoms with Crippen molar-refractivity contribution in [2.75, 3.05) is 0 Å². The largest absolute Gasteiger partial charge is 0.363 e. The predicted molar refractivity (Wildman–Crippen MR) is 75.8 cm³/mol. The minimum atomic E-state index is -0.751. The lowest BCUT2D eigenvalue weighted by molar-refractivity contribution is 0.0230. The van der Waals surface area contributed by atoms with Crippen molar-refractivity contribution in [3.63, 3.8) is 0 Å². The Labute approximate surface area is 125 Å². The van der Waals surface area contributed by atoms with Gasteiger partial charge in [-0.3, -0.25) is 4.79 Å². The first-order valence-electron chi connectivity index (χ1n) is 5.59. The Morgan fingerprint density at radius 2 is 1.50 bits per heavy atom. The van der Waals surface area contributed by atoms with Crippen molar-refractivity contribution in [1.82, 2.24) is 5.48 Å². The third-order valence-electron chi connectivity index (χ3n) is 2.37. The van der Waals surface area contributed by atoms with Gasteiger partial charge in [-0.2, -0.15) is 5.48 Å². The molecule has 0 spiro atoms. The molecule has 0 bridgehead atoms. The molecule has 2 rings (SSSR count). The maximum absolute atomic E-state index is 11.7. The van der Waals surface area contributed by atoms with Crippen LogP contribution < -0.4 is 5.48 Å². The maximum Gasteiger partial charge on any atom is 0.363 e. The van der Waals surface area contributed by atoms with E-state index in [1.165, 1.54) is 18.2 Å². The van der Waals surface area contributed by atoms with Gasteiger partial charge in [-0.15, -0.1) is 0 Å². The van der Waals surface area contributed by atoms with Gasteiger partial charge in [0.05, 0.1) is 5.56 Å². The van der Waals surface area contributed by atoms with Crippen LogP contribution in [0.4, 0.5) is 0 Å². The van der Waals surface area contributed by atoms with E-state index in [9.17, 15) is 9.59 Å². The third-order valence-corrected chi connectivity index (χ3v) is 2.81. The molecule has 0 heterocycles. The molecule has 6 heteroatoms. The second-order valence-electron chi connectivity index (χ2n) is 3.84.